The van der Waals surface area contributed by atoms with Crippen molar-refractivity contribution in [2.24, 2.45) is 0 Å². The van der Waals surface area contributed by atoms with Crippen LogP contribution in [0.4, 0.5) is 0 Å². The van der Waals surface area contributed by atoms with E-state index in [1.54, 1.807) is 7.05 Å². The van der Waals surface area contributed by atoms with Crippen LogP contribution in [0.5, 0.6) is 0 Å². The number of ether oxygens (including phenoxy) is 2. The number of aromatic amines is 1. The van der Waals surface area contributed by atoms with E-state index in [1.807, 2.05) is 0 Å². The van der Waals surface area contributed by atoms with Gasteiger partial charge in [0.1, 0.15) is 0 Å². The van der Waals surface area contributed by atoms with Gasteiger partial charge in [-0.05, 0) is 12.8 Å². The molecule has 20 heavy (non-hydrogen) atoms. The summed E-state index contributed by atoms with van der Waals surface area (Å²) >= 11 is 0. The number of sulfonamides is 1. The summed E-state index contributed by atoms with van der Waals surface area (Å²) in [6, 6.07) is -0.0262. The number of hydrogen-bond acceptors (Lipinski definition) is 5. The van der Waals surface area contributed by atoms with Crippen molar-refractivity contribution in [3.63, 3.8) is 0 Å². The Morgan fingerprint density at radius 2 is 2.00 bits per heavy atom. The average molecular weight is 301 g/mol. The topological polar surface area (TPSA) is 84.5 Å². The molecular weight excluding hydrogens is 282 g/mol. The molecule has 1 saturated heterocycles. The number of H-pyrrole nitrogens is 1. The zero-order valence-electron chi connectivity index (χ0n) is 11.4. The van der Waals surface area contributed by atoms with Crippen molar-refractivity contribution < 1.29 is 17.9 Å². The van der Waals surface area contributed by atoms with Crippen molar-refractivity contribution in [1.29, 1.82) is 0 Å². The van der Waals surface area contributed by atoms with Gasteiger partial charge >= 0.3 is 0 Å². The van der Waals surface area contributed by atoms with Crippen LogP contribution in [0.15, 0.2) is 17.6 Å². The summed E-state index contributed by atoms with van der Waals surface area (Å²) in [5.41, 5.74) is 0. The third-order valence-corrected chi connectivity index (χ3v) is 6.01. The second kappa shape index (κ2) is 5.10. The highest BCUT2D eigenvalue weighted by Gasteiger charge is 2.42. The first-order valence-electron chi connectivity index (χ1n) is 6.78. The van der Waals surface area contributed by atoms with Gasteiger partial charge in [0.15, 0.2) is 10.8 Å². The highest BCUT2D eigenvalue weighted by molar-refractivity contribution is 7.89. The Bertz CT molecular complexity index is 541. The van der Waals surface area contributed by atoms with Crippen LogP contribution in [0.25, 0.3) is 0 Å². The van der Waals surface area contributed by atoms with Gasteiger partial charge in [-0.2, -0.15) is 4.31 Å². The second-order valence-corrected chi connectivity index (χ2v) is 7.24. The van der Waals surface area contributed by atoms with Gasteiger partial charge < -0.3 is 14.5 Å². The van der Waals surface area contributed by atoms with E-state index in [0.29, 0.717) is 13.2 Å². The molecule has 0 bridgehead atoms. The zero-order valence-corrected chi connectivity index (χ0v) is 12.2. The Kier molecular flexibility index (Phi) is 3.57. The summed E-state index contributed by atoms with van der Waals surface area (Å²) in [5, 5.41) is 0.133. The fraction of sp³-hybridized carbons (Fsp3) is 0.750. The molecule has 1 saturated carbocycles. The van der Waals surface area contributed by atoms with Gasteiger partial charge in [0.25, 0.3) is 10.0 Å². The standard InChI is InChI=1S/C12H19N3O4S/c1-15(20(16,17)11-8-13-9-14-11)10-2-4-12(5-3-10)18-6-7-19-12/h8-10H,2-7H2,1H3,(H,13,14). The van der Waals surface area contributed by atoms with Gasteiger partial charge in [-0.25, -0.2) is 13.4 Å². The monoisotopic (exact) mass is 301 g/mol. The van der Waals surface area contributed by atoms with Gasteiger partial charge in [0.05, 0.1) is 25.7 Å². The Hall–Kier alpha value is -0.960. The van der Waals surface area contributed by atoms with Gasteiger partial charge in [0, 0.05) is 25.9 Å². The molecule has 2 aliphatic rings. The maximum atomic E-state index is 12.4. The molecule has 8 heteroatoms. The van der Waals surface area contributed by atoms with Crippen LogP contribution in [0, 0.1) is 0 Å². The molecule has 1 aromatic rings. The summed E-state index contributed by atoms with van der Waals surface area (Å²) in [6.07, 6.45) is 5.66. The Balaban J connectivity index is 1.69. The number of nitrogens with zero attached hydrogens (tertiary/aromatic N) is 2. The summed E-state index contributed by atoms with van der Waals surface area (Å²) in [5.74, 6) is -0.463. The van der Waals surface area contributed by atoms with E-state index in [2.05, 4.69) is 9.97 Å². The predicted molar refractivity (Wildman–Crippen MR) is 70.4 cm³/mol. The number of rotatable bonds is 3. The molecule has 112 valence electrons. The highest BCUT2D eigenvalue weighted by Crippen LogP contribution is 2.37. The molecule has 1 aromatic heterocycles. The molecule has 7 nitrogen and oxygen atoms in total. The molecule has 1 aliphatic heterocycles. The lowest BCUT2D eigenvalue weighted by Gasteiger charge is -2.38. The van der Waals surface area contributed by atoms with Crippen LogP contribution in [0.2, 0.25) is 0 Å². The number of nitrogens with one attached hydrogen (secondary N) is 1. The molecule has 3 rings (SSSR count). The van der Waals surface area contributed by atoms with Crippen molar-refractivity contribution in [2.75, 3.05) is 20.3 Å². The van der Waals surface area contributed by atoms with E-state index in [1.165, 1.54) is 16.8 Å². The SMILES string of the molecule is CN(C1CCC2(CC1)OCCO2)S(=O)(=O)c1cnc[nH]1. The first-order chi connectivity index (χ1) is 9.54. The summed E-state index contributed by atoms with van der Waals surface area (Å²) in [6.45, 7) is 1.26. The van der Waals surface area contributed by atoms with Crippen molar-refractivity contribution >= 4 is 10.0 Å². The number of aromatic nitrogens is 2. The van der Waals surface area contributed by atoms with Crippen LogP contribution in [-0.2, 0) is 19.5 Å². The van der Waals surface area contributed by atoms with E-state index in [4.69, 9.17) is 9.47 Å². The molecule has 0 aromatic carbocycles. The van der Waals surface area contributed by atoms with Crippen molar-refractivity contribution in [1.82, 2.24) is 14.3 Å². The Morgan fingerprint density at radius 1 is 1.35 bits per heavy atom. The average Bonchev–Trinajstić information content (AvgIpc) is 3.11. The summed E-state index contributed by atoms with van der Waals surface area (Å²) in [7, 11) is -1.88. The van der Waals surface area contributed by atoms with E-state index in [0.717, 1.165) is 25.7 Å². The maximum Gasteiger partial charge on any atom is 0.260 e. The summed E-state index contributed by atoms with van der Waals surface area (Å²) < 4.78 is 37.5. The van der Waals surface area contributed by atoms with Gasteiger partial charge in [0.2, 0.25) is 0 Å². The quantitative estimate of drug-likeness (QED) is 0.889. The van der Waals surface area contributed by atoms with Crippen LogP contribution < -0.4 is 0 Å². The minimum atomic E-state index is -3.50. The predicted octanol–water partition coefficient (Wildman–Crippen LogP) is 0.716. The molecule has 0 unspecified atom stereocenters. The van der Waals surface area contributed by atoms with Crippen LogP contribution in [0.3, 0.4) is 0 Å². The third kappa shape index (κ3) is 2.37. The summed E-state index contributed by atoms with van der Waals surface area (Å²) in [4.78, 5) is 6.43. The Labute approximate surface area is 118 Å². The van der Waals surface area contributed by atoms with E-state index >= 15 is 0 Å². The normalized spacial score (nSPS) is 23.7. The molecule has 1 spiro atoms. The molecule has 2 fully saturated rings. The van der Waals surface area contributed by atoms with Gasteiger partial charge in [-0.1, -0.05) is 0 Å². The number of hydrogen-bond donors (Lipinski definition) is 1. The van der Waals surface area contributed by atoms with Crippen molar-refractivity contribution in [2.45, 2.75) is 42.5 Å². The number of imidazole rings is 1. The fourth-order valence-electron chi connectivity index (χ4n) is 2.93. The molecule has 0 atom stereocenters. The smallest absolute Gasteiger partial charge is 0.260 e. The lowest BCUT2D eigenvalue weighted by Crippen LogP contribution is -2.44. The van der Waals surface area contributed by atoms with Gasteiger partial charge in [-0.3, -0.25) is 0 Å². The van der Waals surface area contributed by atoms with Crippen molar-refractivity contribution in [3.8, 4) is 0 Å². The lowest BCUT2D eigenvalue weighted by molar-refractivity contribution is -0.181. The second-order valence-electron chi connectivity index (χ2n) is 5.28. The molecule has 1 N–H and O–H groups in total. The van der Waals surface area contributed by atoms with E-state index < -0.39 is 15.8 Å². The molecule has 1 aliphatic carbocycles. The minimum Gasteiger partial charge on any atom is -0.348 e. The van der Waals surface area contributed by atoms with E-state index in [-0.39, 0.29) is 11.1 Å². The largest absolute Gasteiger partial charge is 0.348 e. The highest BCUT2D eigenvalue weighted by atomic mass is 32.2. The van der Waals surface area contributed by atoms with E-state index in [9.17, 15) is 8.42 Å². The first-order valence-corrected chi connectivity index (χ1v) is 8.22. The van der Waals surface area contributed by atoms with Crippen LogP contribution in [-0.4, -0.2) is 54.8 Å². The molecule has 0 radical (unpaired) electrons. The zero-order chi connectivity index (χ0) is 14.2. The molecular formula is C12H19N3O4S. The van der Waals surface area contributed by atoms with Crippen LogP contribution >= 0.6 is 0 Å². The third-order valence-electron chi connectivity index (χ3n) is 4.17. The van der Waals surface area contributed by atoms with Crippen LogP contribution in [0.1, 0.15) is 25.7 Å². The first kappa shape index (κ1) is 14.0. The fourth-order valence-corrected chi connectivity index (χ4v) is 4.24. The van der Waals surface area contributed by atoms with Crippen molar-refractivity contribution in [3.05, 3.63) is 12.5 Å². The molecule has 2 heterocycles. The molecule has 0 amide bonds. The Morgan fingerprint density at radius 3 is 2.55 bits per heavy atom. The maximum absolute atomic E-state index is 12.4. The minimum absolute atomic E-state index is 0.0262. The lowest BCUT2D eigenvalue weighted by atomic mass is 9.90. The van der Waals surface area contributed by atoms with Gasteiger partial charge in [-0.15, -0.1) is 0 Å².